The molecule has 0 spiro atoms. The van der Waals surface area contributed by atoms with Crippen molar-refractivity contribution in [2.45, 2.75) is 42.8 Å². The summed E-state index contributed by atoms with van der Waals surface area (Å²) in [7, 11) is -3.95. The topological polar surface area (TPSA) is 90.0 Å². The lowest BCUT2D eigenvalue weighted by Crippen LogP contribution is -2.53. The monoisotopic (exact) mass is 429 g/mol. The summed E-state index contributed by atoms with van der Waals surface area (Å²) in [6, 6.07) is 11.5. The van der Waals surface area contributed by atoms with Gasteiger partial charge in [-0.2, -0.15) is 0 Å². The molecule has 2 heterocycles. The maximum atomic E-state index is 13.3. The van der Waals surface area contributed by atoms with Crippen molar-refractivity contribution < 1.29 is 27.5 Å². The molecule has 7 nitrogen and oxygen atoms in total. The van der Waals surface area contributed by atoms with Crippen molar-refractivity contribution in [3.63, 3.8) is 0 Å². The Morgan fingerprint density at radius 3 is 2.40 bits per heavy atom. The van der Waals surface area contributed by atoms with Crippen LogP contribution < -0.4 is 9.47 Å². The highest BCUT2D eigenvalue weighted by atomic mass is 32.2. The first-order chi connectivity index (χ1) is 14.3. The van der Waals surface area contributed by atoms with E-state index < -0.39 is 26.9 Å². The maximum Gasteiger partial charge on any atom is 0.247 e. The Morgan fingerprint density at radius 2 is 1.70 bits per heavy atom. The van der Waals surface area contributed by atoms with Crippen molar-refractivity contribution in [3.05, 3.63) is 53.6 Å². The number of fused-ring (bicyclic) bond motifs is 1. The number of piperidine rings is 1. The molecule has 4 rings (SSSR count). The molecule has 2 amide bonds. The molecule has 2 atom stereocenters. The Labute approximate surface area is 175 Å². The predicted octanol–water partition coefficient (Wildman–Crippen LogP) is 2.82. The number of rotatable bonds is 5. The molecule has 0 radical (unpaired) electrons. The van der Waals surface area contributed by atoms with Gasteiger partial charge in [-0.3, -0.25) is 14.5 Å². The average Bonchev–Trinajstić information content (AvgIpc) is 3.19. The van der Waals surface area contributed by atoms with E-state index in [1.165, 1.54) is 12.1 Å². The van der Waals surface area contributed by atoms with Crippen LogP contribution in [0.3, 0.4) is 0 Å². The van der Waals surface area contributed by atoms with Crippen molar-refractivity contribution in [1.82, 2.24) is 4.90 Å². The minimum absolute atomic E-state index is 0.0849. The molecule has 0 aliphatic carbocycles. The molecule has 2 aromatic rings. The highest BCUT2D eigenvalue weighted by molar-refractivity contribution is 7.92. The van der Waals surface area contributed by atoms with Gasteiger partial charge in [0.2, 0.25) is 18.6 Å². The fourth-order valence-electron chi connectivity index (χ4n) is 3.89. The predicted molar refractivity (Wildman–Crippen MR) is 109 cm³/mol. The minimum atomic E-state index is -3.95. The molecular weight excluding hydrogens is 406 g/mol. The van der Waals surface area contributed by atoms with Gasteiger partial charge in [0.25, 0.3) is 0 Å². The summed E-state index contributed by atoms with van der Waals surface area (Å²) in [6.07, 6.45) is 0.441. The van der Waals surface area contributed by atoms with E-state index in [0.29, 0.717) is 23.5 Å². The van der Waals surface area contributed by atoms with E-state index in [2.05, 4.69) is 0 Å². The third-order valence-corrected chi connectivity index (χ3v) is 7.60. The van der Waals surface area contributed by atoms with Gasteiger partial charge < -0.3 is 9.47 Å². The summed E-state index contributed by atoms with van der Waals surface area (Å²) < 4.78 is 37.4. The number of carbonyl (C=O) groups is 2. The van der Waals surface area contributed by atoms with Crippen LogP contribution in [0.2, 0.25) is 0 Å². The zero-order valence-corrected chi connectivity index (χ0v) is 17.6. The summed E-state index contributed by atoms with van der Waals surface area (Å²) in [6.45, 7) is 3.98. The number of likely N-dealkylation sites (tertiary alicyclic amines) is 1. The fraction of sp³-hybridized carbons (Fsp3) is 0.364. The number of sulfone groups is 1. The first kappa shape index (κ1) is 20.4. The Balaban J connectivity index is 1.74. The van der Waals surface area contributed by atoms with Crippen LogP contribution in [-0.2, 0) is 19.4 Å². The lowest BCUT2D eigenvalue weighted by molar-refractivity contribution is -0.149. The molecule has 2 aliphatic rings. The molecule has 0 saturated carbocycles. The van der Waals surface area contributed by atoms with Crippen molar-refractivity contribution in [2.24, 2.45) is 0 Å². The maximum absolute atomic E-state index is 13.3. The number of nitrogens with zero attached hydrogens (tertiary/aromatic N) is 1. The van der Waals surface area contributed by atoms with Crippen LogP contribution in [0, 0.1) is 6.92 Å². The Bertz CT molecular complexity index is 1090. The van der Waals surface area contributed by atoms with Gasteiger partial charge >= 0.3 is 0 Å². The van der Waals surface area contributed by atoms with E-state index in [0.717, 1.165) is 10.5 Å². The SMILES string of the molecule is CCCN1C(=O)C(c2ccc3c(c2)OCO3)CC(S(=O)(=O)c2ccc(C)cc2)C1=O. The molecule has 30 heavy (non-hydrogen) atoms. The average molecular weight is 429 g/mol. The molecule has 0 bridgehead atoms. The normalized spacial score (nSPS) is 21.2. The third kappa shape index (κ3) is 3.45. The molecule has 8 heteroatoms. The molecule has 0 aromatic heterocycles. The van der Waals surface area contributed by atoms with E-state index in [1.807, 2.05) is 13.8 Å². The van der Waals surface area contributed by atoms with E-state index >= 15 is 0 Å². The molecule has 0 N–H and O–H groups in total. The highest BCUT2D eigenvalue weighted by Crippen LogP contribution is 2.39. The molecule has 1 saturated heterocycles. The number of imide groups is 1. The Kier molecular flexibility index (Phi) is 5.27. The number of amides is 2. The van der Waals surface area contributed by atoms with Crippen LogP contribution in [-0.4, -0.2) is 43.7 Å². The summed E-state index contributed by atoms with van der Waals surface area (Å²) in [4.78, 5) is 27.4. The van der Waals surface area contributed by atoms with Gasteiger partial charge in [0.05, 0.1) is 10.8 Å². The van der Waals surface area contributed by atoms with E-state index in [4.69, 9.17) is 9.47 Å². The molecule has 158 valence electrons. The lowest BCUT2D eigenvalue weighted by Gasteiger charge is -2.35. The second kappa shape index (κ2) is 7.75. The summed E-state index contributed by atoms with van der Waals surface area (Å²) in [5, 5.41) is -1.32. The van der Waals surface area contributed by atoms with Gasteiger partial charge in [0.1, 0.15) is 5.25 Å². The highest BCUT2D eigenvalue weighted by Gasteiger charge is 2.47. The van der Waals surface area contributed by atoms with E-state index in [9.17, 15) is 18.0 Å². The minimum Gasteiger partial charge on any atom is -0.454 e. The van der Waals surface area contributed by atoms with Crippen LogP contribution in [0.25, 0.3) is 0 Å². The Morgan fingerprint density at radius 1 is 1.00 bits per heavy atom. The van der Waals surface area contributed by atoms with Gasteiger partial charge in [-0.05, 0) is 49.6 Å². The van der Waals surface area contributed by atoms with Gasteiger partial charge in [-0.25, -0.2) is 8.42 Å². The van der Waals surface area contributed by atoms with Crippen LogP contribution in [0.4, 0.5) is 0 Å². The first-order valence-corrected chi connectivity index (χ1v) is 11.4. The van der Waals surface area contributed by atoms with Gasteiger partial charge in [0, 0.05) is 6.54 Å². The van der Waals surface area contributed by atoms with E-state index in [1.54, 1.807) is 30.3 Å². The zero-order valence-electron chi connectivity index (χ0n) is 16.8. The third-order valence-electron chi connectivity index (χ3n) is 5.53. The zero-order chi connectivity index (χ0) is 21.5. The van der Waals surface area contributed by atoms with Crippen LogP contribution in [0.5, 0.6) is 11.5 Å². The molecular formula is C22H23NO6S. The van der Waals surface area contributed by atoms with Crippen molar-refractivity contribution >= 4 is 21.7 Å². The number of hydrogen-bond acceptors (Lipinski definition) is 6. The van der Waals surface area contributed by atoms with Crippen LogP contribution in [0.15, 0.2) is 47.4 Å². The lowest BCUT2D eigenvalue weighted by atomic mass is 9.88. The van der Waals surface area contributed by atoms with Crippen molar-refractivity contribution in [1.29, 1.82) is 0 Å². The second-order valence-electron chi connectivity index (χ2n) is 7.58. The van der Waals surface area contributed by atoms with Gasteiger partial charge in [-0.1, -0.05) is 30.7 Å². The number of carbonyl (C=O) groups excluding carboxylic acids is 2. The molecule has 2 unspecified atom stereocenters. The standard InChI is InChI=1S/C22H23NO6S/c1-3-10-23-21(24)17(15-6-9-18-19(11-15)29-13-28-18)12-20(22(23)25)30(26,27)16-7-4-14(2)5-8-16/h4-9,11,17,20H,3,10,12-13H2,1-2H3. The number of benzene rings is 2. The second-order valence-corrected chi connectivity index (χ2v) is 9.71. The number of hydrogen-bond donors (Lipinski definition) is 0. The smallest absolute Gasteiger partial charge is 0.247 e. The van der Waals surface area contributed by atoms with E-state index in [-0.39, 0.29) is 30.6 Å². The number of aryl methyl sites for hydroxylation is 1. The quantitative estimate of drug-likeness (QED) is 0.679. The fourth-order valence-corrected chi connectivity index (χ4v) is 5.57. The first-order valence-electron chi connectivity index (χ1n) is 9.88. The van der Waals surface area contributed by atoms with Crippen molar-refractivity contribution in [2.75, 3.05) is 13.3 Å². The van der Waals surface area contributed by atoms with Crippen LogP contribution in [0.1, 0.15) is 36.8 Å². The molecule has 2 aliphatic heterocycles. The molecule has 2 aromatic carbocycles. The number of ether oxygens (including phenoxy) is 2. The van der Waals surface area contributed by atoms with Gasteiger partial charge in [0.15, 0.2) is 21.3 Å². The largest absolute Gasteiger partial charge is 0.454 e. The van der Waals surface area contributed by atoms with Gasteiger partial charge in [-0.15, -0.1) is 0 Å². The van der Waals surface area contributed by atoms with Crippen LogP contribution >= 0.6 is 0 Å². The Hall–Kier alpha value is -2.87. The van der Waals surface area contributed by atoms with Crippen molar-refractivity contribution in [3.8, 4) is 11.5 Å². The summed E-state index contributed by atoms with van der Waals surface area (Å²) >= 11 is 0. The molecule has 1 fully saturated rings. The summed E-state index contributed by atoms with van der Waals surface area (Å²) in [5.74, 6) is -0.700. The summed E-state index contributed by atoms with van der Waals surface area (Å²) in [5.41, 5.74) is 1.53.